The first-order chi connectivity index (χ1) is 28.9. The van der Waals surface area contributed by atoms with Gasteiger partial charge in [0.05, 0.1) is 13.2 Å². The highest BCUT2D eigenvalue weighted by atomic mass is 28.4. The molecular formula is C46H92O11Si2. The summed E-state index contributed by atoms with van der Waals surface area (Å²) >= 11 is 0. The van der Waals surface area contributed by atoms with E-state index in [1.165, 1.54) is 77.0 Å². The van der Waals surface area contributed by atoms with Gasteiger partial charge in [-0.15, -0.1) is 0 Å². The van der Waals surface area contributed by atoms with Gasteiger partial charge in [-0.3, -0.25) is 0 Å². The monoisotopic (exact) mass is 877 g/mol. The molecular weight excluding hydrogens is 785 g/mol. The summed E-state index contributed by atoms with van der Waals surface area (Å²) in [5.41, 5.74) is 0. The van der Waals surface area contributed by atoms with Crippen molar-refractivity contribution < 1.29 is 50.4 Å². The fraction of sp³-hybridized carbons (Fsp3) is 0.957. The van der Waals surface area contributed by atoms with Gasteiger partial charge in [0.2, 0.25) is 0 Å². The van der Waals surface area contributed by atoms with Crippen molar-refractivity contribution in [2.75, 3.05) is 52.9 Å². The van der Waals surface area contributed by atoms with Gasteiger partial charge in [0.25, 0.3) is 0 Å². The Morgan fingerprint density at radius 3 is 0.797 bits per heavy atom. The summed E-state index contributed by atoms with van der Waals surface area (Å²) in [4.78, 5) is 25.9. The third-order valence-electron chi connectivity index (χ3n) is 10.6. The van der Waals surface area contributed by atoms with Crippen LogP contribution in [0.4, 0.5) is 0 Å². The van der Waals surface area contributed by atoms with Crippen molar-refractivity contribution in [3.05, 3.63) is 0 Å². The maximum absolute atomic E-state index is 12.9. The molecule has 1 aliphatic rings. The topological polar surface area (TPSA) is 121 Å². The first-order valence-corrected chi connectivity index (χ1v) is 28.5. The van der Waals surface area contributed by atoms with Crippen LogP contribution in [0.15, 0.2) is 0 Å². The standard InChI is InChI=1S/C46H92O11Si2/c1-7-13-19-25-35-51-58(52-36-26-20-14-8-2,53-37-27-21-15-9-3)41-31-33-49-45(47)43-44(57-43)46(48)50-34-32-42-59(54-38-28-22-16-10-4,55-39-29-23-17-11-5)56-40-30-24-18-12-6/h43-44H,7-42H2,1-6H3. The molecule has 0 bridgehead atoms. The van der Waals surface area contributed by atoms with Gasteiger partial charge >= 0.3 is 29.5 Å². The average molecular weight is 877 g/mol. The molecule has 59 heavy (non-hydrogen) atoms. The van der Waals surface area contributed by atoms with Crippen LogP contribution < -0.4 is 0 Å². The highest BCUT2D eigenvalue weighted by molar-refractivity contribution is 6.61. The number of hydrogen-bond acceptors (Lipinski definition) is 11. The minimum Gasteiger partial charge on any atom is -0.464 e. The van der Waals surface area contributed by atoms with Crippen LogP contribution in [-0.2, 0) is 50.4 Å². The number of rotatable bonds is 46. The van der Waals surface area contributed by atoms with E-state index in [1.807, 2.05) is 0 Å². The summed E-state index contributed by atoms with van der Waals surface area (Å²) in [6.45, 7) is 17.3. The van der Waals surface area contributed by atoms with Crippen molar-refractivity contribution in [2.24, 2.45) is 0 Å². The molecule has 0 aromatic rings. The van der Waals surface area contributed by atoms with E-state index >= 15 is 0 Å². The van der Waals surface area contributed by atoms with Gasteiger partial charge in [0, 0.05) is 51.7 Å². The van der Waals surface area contributed by atoms with E-state index in [-0.39, 0.29) is 13.2 Å². The maximum atomic E-state index is 12.9. The van der Waals surface area contributed by atoms with Gasteiger partial charge in [-0.1, -0.05) is 157 Å². The van der Waals surface area contributed by atoms with E-state index in [0.717, 1.165) is 77.0 Å². The Bertz CT molecular complexity index is 829. The number of ether oxygens (including phenoxy) is 3. The molecule has 1 rings (SSSR count). The lowest BCUT2D eigenvalue weighted by molar-refractivity contribution is -0.147. The largest absolute Gasteiger partial charge is 0.501 e. The summed E-state index contributed by atoms with van der Waals surface area (Å²) in [5, 5.41) is 0. The summed E-state index contributed by atoms with van der Waals surface area (Å²) in [6.07, 6.45) is 25.9. The fourth-order valence-corrected chi connectivity index (χ4v) is 12.0. The van der Waals surface area contributed by atoms with E-state index in [9.17, 15) is 9.59 Å². The van der Waals surface area contributed by atoms with Gasteiger partial charge < -0.3 is 40.8 Å². The molecule has 0 spiro atoms. The molecule has 0 N–H and O–H groups in total. The van der Waals surface area contributed by atoms with Crippen molar-refractivity contribution in [3.8, 4) is 0 Å². The van der Waals surface area contributed by atoms with E-state index < -0.39 is 41.8 Å². The average Bonchev–Trinajstić information content (AvgIpc) is 4.05. The van der Waals surface area contributed by atoms with Gasteiger partial charge in [-0.2, -0.15) is 0 Å². The van der Waals surface area contributed by atoms with Crippen molar-refractivity contribution in [1.29, 1.82) is 0 Å². The predicted octanol–water partition coefficient (Wildman–Crippen LogP) is 12.1. The number of carbonyl (C=O) groups excluding carboxylic acids is 2. The van der Waals surface area contributed by atoms with Gasteiger partial charge in [0.1, 0.15) is 0 Å². The van der Waals surface area contributed by atoms with Crippen molar-refractivity contribution in [3.63, 3.8) is 0 Å². The van der Waals surface area contributed by atoms with Crippen LogP contribution in [0, 0.1) is 0 Å². The van der Waals surface area contributed by atoms with Crippen LogP contribution in [-0.4, -0.2) is 94.6 Å². The Kier molecular flexibility index (Phi) is 36.8. The van der Waals surface area contributed by atoms with E-state index in [2.05, 4.69) is 41.5 Å². The molecule has 0 aromatic heterocycles. The van der Waals surface area contributed by atoms with Crippen LogP contribution in [0.5, 0.6) is 0 Å². The zero-order valence-corrected chi connectivity index (χ0v) is 41.1. The number of unbranched alkanes of at least 4 members (excludes halogenated alkanes) is 18. The van der Waals surface area contributed by atoms with Crippen molar-refractivity contribution in [2.45, 2.75) is 233 Å². The first-order valence-electron chi connectivity index (χ1n) is 24.7. The number of esters is 2. The van der Waals surface area contributed by atoms with Crippen LogP contribution in [0.25, 0.3) is 0 Å². The van der Waals surface area contributed by atoms with Crippen LogP contribution in [0.3, 0.4) is 0 Å². The SMILES string of the molecule is CCCCCCO[Si](CCCOC(=O)C1OC1C(=O)OCCC[Si](OCCCCCC)(OCCCCCC)OCCCCCC)(OCCCCCC)OCCCCCC. The molecule has 1 aliphatic heterocycles. The van der Waals surface area contributed by atoms with Crippen molar-refractivity contribution >= 4 is 29.5 Å². The van der Waals surface area contributed by atoms with Crippen molar-refractivity contribution in [1.82, 2.24) is 0 Å². The Hall–Kier alpha value is -0.906. The number of carbonyl (C=O) groups is 2. The lowest BCUT2D eigenvalue weighted by Crippen LogP contribution is -2.47. The molecule has 0 amide bonds. The van der Waals surface area contributed by atoms with Crippen LogP contribution in [0.2, 0.25) is 12.1 Å². The normalized spacial score (nSPS) is 15.5. The molecule has 1 fully saturated rings. The smallest absolute Gasteiger partial charge is 0.464 e. The van der Waals surface area contributed by atoms with Gasteiger partial charge in [0.15, 0.2) is 12.2 Å². The Balaban J connectivity index is 2.72. The molecule has 13 heteroatoms. The van der Waals surface area contributed by atoms with Gasteiger partial charge in [-0.25, -0.2) is 9.59 Å². The molecule has 2 atom stereocenters. The molecule has 1 heterocycles. The Morgan fingerprint density at radius 2 is 0.576 bits per heavy atom. The van der Waals surface area contributed by atoms with E-state index in [1.54, 1.807) is 0 Å². The summed E-state index contributed by atoms with van der Waals surface area (Å²) in [6, 6.07) is 1.15. The fourth-order valence-electron chi connectivity index (χ4n) is 6.78. The molecule has 0 saturated carbocycles. The minimum atomic E-state index is -2.98. The van der Waals surface area contributed by atoms with E-state index in [4.69, 9.17) is 40.8 Å². The maximum Gasteiger partial charge on any atom is 0.501 e. The molecule has 1 saturated heterocycles. The highest BCUT2D eigenvalue weighted by Crippen LogP contribution is 2.27. The second-order valence-electron chi connectivity index (χ2n) is 16.3. The van der Waals surface area contributed by atoms with Gasteiger partial charge in [-0.05, 0) is 51.4 Å². The third kappa shape index (κ3) is 29.2. The quantitative estimate of drug-likeness (QED) is 0.0251. The summed E-state index contributed by atoms with van der Waals surface area (Å²) in [7, 11) is -5.97. The summed E-state index contributed by atoms with van der Waals surface area (Å²) < 4.78 is 55.8. The molecule has 2 unspecified atom stereocenters. The second kappa shape index (κ2) is 38.7. The lowest BCUT2D eigenvalue weighted by Gasteiger charge is -2.30. The Labute approximate surface area is 364 Å². The lowest BCUT2D eigenvalue weighted by atomic mass is 10.2. The second-order valence-corrected chi connectivity index (χ2v) is 21.8. The number of hydrogen-bond donors (Lipinski definition) is 0. The predicted molar refractivity (Wildman–Crippen MR) is 241 cm³/mol. The van der Waals surface area contributed by atoms with Crippen LogP contribution >= 0.6 is 0 Å². The Morgan fingerprint density at radius 1 is 0.339 bits per heavy atom. The zero-order valence-electron chi connectivity index (χ0n) is 39.1. The molecule has 0 aromatic carbocycles. The first kappa shape index (κ1) is 56.1. The third-order valence-corrected chi connectivity index (χ3v) is 16.4. The minimum absolute atomic E-state index is 0.175. The highest BCUT2D eigenvalue weighted by Gasteiger charge is 2.53. The number of epoxide rings is 1. The molecule has 0 aliphatic carbocycles. The van der Waals surface area contributed by atoms with Crippen LogP contribution in [0.1, 0.15) is 208 Å². The summed E-state index contributed by atoms with van der Waals surface area (Å²) in [5.74, 6) is -1.09. The zero-order chi connectivity index (χ0) is 43.1. The molecule has 350 valence electrons. The molecule has 0 radical (unpaired) electrons. The van der Waals surface area contributed by atoms with E-state index in [0.29, 0.717) is 64.6 Å². The molecule has 11 nitrogen and oxygen atoms in total.